The lowest BCUT2D eigenvalue weighted by molar-refractivity contribution is -0.896. The molecule has 0 saturated carbocycles. The zero-order valence-electron chi connectivity index (χ0n) is 54.0. The highest BCUT2D eigenvalue weighted by Crippen LogP contribution is 2.46. The third-order valence-electron chi connectivity index (χ3n) is 17.1. The summed E-state index contributed by atoms with van der Waals surface area (Å²) in [4.78, 5) is 85.1. The van der Waals surface area contributed by atoms with Gasteiger partial charge >= 0.3 is 6.42 Å². The van der Waals surface area contributed by atoms with E-state index in [1.165, 1.54) is 24.3 Å². The van der Waals surface area contributed by atoms with Crippen molar-refractivity contribution >= 4 is 70.5 Å². The summed E-state index contributed by atoms with van der Waals surface area (Å²) in [5.74, 6) is 15.6. The van der Waals surface area contributed by atoms with Crippen molar-refractivity contribution in [1.82, 2.24) is 24.9 Å². The first-order valence-electron chi connectivity index (χ1n) is 31.0. The Morgan fingerprint density at radius 2 is 1.02 bits per heavy atom. The SMILES string of the molecule is COc1ccc(-c2cc(-c3ccc(N(C)C)cc3)c3n2[B-](C#CC[N+](C)(C)Cc2ccc(C(=O)NCCN4C(=O)C=CC4=O)cc2)(C#CC[N+](C)(C)Cc2ccc(C(=O)NCCN4C(=O)C=CC4=O)cc2)[N+]2=C(c4ccc(C)cc4)C=C(c4ccc(C)cc4)C2=N3)cc1. The number of aliphatic imine (C=N–C) groups is 1. The van der Waals surface area contributed by atoms with Crippen LogP contribution in [0, 0.1) is 37.3 Å². The maximum atomic E-state index is 13.3. The minimum Gasteiger partial charge on any atom is -0.497 e. The van der Waals surface area contributed by atoms with Crippen LogP contribution in [0.25, 0.3) is 28.0 Å². The number of hydrogen-bond acceptors (Lipinski definition) is 9. The van der Waals surface area contributed by atoms with Crippen LogP contribution in [-0.2, 0) is 32.3 Å². The van der Waals surface area contributed by atoms with Gasteiger partial charge in [0.1, 0.15) is 31.9 Å². The number of carbonyl (C=O) groups excluding carboxylic acids is 6. The number of fused-ring (bicyclic) bond motifs is 2. The van der Waals surface area contributed by atoms with Crippen molar-refractivity contribution in [2.45, 2.75) is 26.9 Å². The van der Waals surface area contributed by atoms with Crippen LogP contribution in [0.4, 0.5) is 11.5 Å². The van der Waals surface area contributed by atoms with Gasteiger partial charge in [-0.15, -0.1) is 0 Å². The molecule has 468 valence electrons. The zero-order chi connectivity index (χ0) is 65.8. The van der Waals surface area contributed by atoms with E-state index in [-0.39, 0.29) is 38.0 Å². The summed E-state index contributed by atoms with van der Waals surface area (Å²) in [6, 6.07) is 50.9. The molecule has 4 aliphatic heterocycles. The Hall–Kier alpha value is -10.9. The van der Waals surface area contributed by atoms with E-state index >= 15 is 0 Å². The molecule has 18 heteroatoms. The molecule has 0 unspecified atom stereocenters. The quantitative estimate of drug-likeness (QED) is 0.0333. The van der Waals surface area contributed by atoms with Gasteiger partial charge in [-0.3, -0.25) is 38.6 Å². The summed E-state index contributed by atoms with van der Waals surface area (Å²) in [5, 5.41) is 5.68. The van der Waals surface area contributed by atoms with Gasteiger partial charge in [0.15, 0.2) is 0 Å². The van der Waals surface area contributed by atoms with Crippen LogP contribution in [0.15, 0.2) is 187 Å². The van der Waals surface area contributed by atoms with Crippen molar-refractivity contribution < 1.29 is 47.0 Å². The van der Waals surface area contributed by atoms with E-state index in [1.54, 1.807) is 31.4 Å². The number of amides is 6. The summed E-state index contributed by atoms with van der Waals surface area (Å²) in [7, 11) is 14.3. The average Bonchev–Trinajstić information content (AvgIpc) is 1.56. The van der Waals surface area contributed by atoms with E-state index in [2.05, 4.69) is 187 Å². The standard InChI is InChI=1S/C75H73BN10O7/c1-52-12-20-56(21-13-52)64-48-66(58-22-14-53(2)15-23-58)83-72(64)79-73-65(57-28-32-62(33-29-57)80(3)4)49-67(59-30-34-63(93-9)35-31-59)84(73)76(83,40-10-46-85(5,6)50-54-16-24-60(25-17-54)74(91)77-42-44-81-68(87)36-37-69(81)88)41-11-47-86(7,8)51-55-18-26-61(27-19-55)75(92)78-43-45-82-70(89)38-39-71(82)90/h12-39,48-49H,42-47,50-51H2,1-9H3/p+2. The number of ether oxygens (including phenoxy) is 1. The van der Waals surface area contributed by atoms with Gasteiger partial charge < -0.3 is 38.2 Å². The molecule has 0 fully saturated rings. The fraction of sp³-hybridized carbons (Fsp3) is 0.227. The van der Waals surface area contributed by atoms with Crippen molar-refractivity contribution in [2.75, 3.05) is 93.6 Å². The molecule has 0 saturated heterocycles. The van der Waals surface area contributed by atoms with Crippen molar-refractivity contribution in [3.8, 4) is 51.6 Å². The van der Waals surface area contributed by atoms with Crippen LogP contribution in [0.3, 0.4) is 0 Å². The van der Waals surface area contributed by atoms with Gasteiger partial charge in [0.2, 0.25) is 5.82 Å². The Morgan fingerprint density at radius 3 is 1.47 bits per heavy atom. The monoisotopic (exact) mass is 1240 g/mol. The minimum absolute atomic E-state index is 0.0756. The van der Waals surface area contributed by atoms with Gasteiger partial charge in [-0.25, -0.2) is 11.6 Å². The number of imide groups is 2. The van der Waals surface area contributed by atoms with Crippen LogP contribution in [0.2, 0.25) is 0 Å². The fourth-order valence-corrected chi connectivity index (χ4v) is 12.0. The van der Waals surface area contributed by atoms with Gasteiger partial charge in [-0.2, -0.15) is 0 Å². The lowest BCUT2D eigenvalue weighted by Gasteiger charge is -2.38. The largest absolute Gasteiger partial charge is 0.497 e. The van der Waals surface area contributed by atoms with Gasteiger partial charge in [0.25, 0.3) is 41.3 Å². The molecule has 5 heterocycles. The number of quaternary nitrogens is 2. The highest BCUT2D eigenvalue weighted by atomic mass is 16.5. The van der Waals surface area contributed by atoms with Gasteiger partial charge in [-0.1, -0.05) is 108 Å². The molecule has 4 aliphatic rings. The molecule has 0 aliphatic carbocycles. The van der Waals surface area contributed by atoms with E-state index in [9.17, 15) is 28.8 Å². The molecule has 7 aromatic rings. The molecule has 11 rings (SSSR count). The summed E-state index contributed by atoms with van der Waals surface area (Å²) in [6.07, 6.45) is 4.55. The number of carbonyl (C=O) groups is 6. The number of nitrogens with one attached hydrogen (secondary N) is 2. The predicted molar refractivity (Wildman–Crippen MR) is 365 cm³/mol. The maximum absolute atomic E-state index is 13.3. The van der Waals surface area contributed by atoms with Crippen LogP contribution in [0.1, 0.15) is 54.1 Å². The second-order valence-corrected chi connectivity index (χ2v) is 25.4. The molecule has 0 atom stereocenters. The number of aromatic nitrogens is 1. The van der Waals surface area contributed by atoms with Crippen LogP contribution < -0.4 is 20.3 Å². The number of aryl methyl sites for hydroxylation is 2. The van der Waals surface area contributed by atoms with E-state index in [0.717, 1.165) is 88.4 Å². The molecule has 1 aromatic heterocycles. The summed E-state index contributed by atoms with van der Waals surface area (Å²) in [5.41, 5.74) is 13.6. The van der Waals surface area contributed by atoms with Gasteiger partial charge in [-0.05, 0) is 108 Å². The smallest absolute Gasteiger partial charge is 0.434 e. The fourth-order valence-electron chi connectivity index (χ4n) is 12.0. The topological polar surface area (TPSA) is 166 Å². The third-order valence-corrected chi connectivity index (χ3v) is 17.1. The Bertz CT molecular complexity index is 4250. The molecular weight excluding hydrogens is 1160 g/mol. The molecule has 6 amide bonds. The molecule has 0 bridgehead atoms. The van der Waals surface area contributed by atoms with Crippen LogP contribution in [-0.4, -0.2) is 170 Å². The van der Waals surface area contributed by atoms with Gasteiger partial charge in [0.05, 0.1) is 46.6 Å². The summed E-state index contributed by atoms with van der Waals surface area (Å²) in [6.45, 7) is 6.50. The lowest BCUT2D eigenvalue weighted by Crippen LogP contribution is -2.58. The van der Waals surface area contributed by atoms with E-state index in [4.69, 9.17) is 9.73 Å². The number of benzene rings is 6. The third kappa shape index (κ3) is 13.9. The Kier molecular flexibility index (Phi) is 18.1. The number of hydrogen-bond donors (Lipinski definition) is 2. The number of anilines is 1. The molecular formula is C75H75BN10O7+2. The van der Waals surface area contributed by atoms with Crippen molar-refractivity contribution in [1.29, 1.82) is 0 Å². The molecule has 6 aromatic carbocycles. The highest BCUT2D eigenvalue weighted by Gasteiger charge is 2.50. The molecule has 2 N–H and O–H groups in total. The maximum Gasteiger partial charge on any atom is 0.434 e. The van der Waals surface area contributed by atoms with Crippen molar-refractivity contribution in [2.24, 2.45) is 4.99 Å². The van der Waals surface area contributed by atoms with Crippen LogP contribution >= 0.6 is 0 Å². The minimum atomic E-state index is -2.61. The van der Waals surface area contributed by atoms with E-state index in [1.807, 2.05) is 50.5 Å². The Balaban J connectivity index is 1.02. The van der Waals surface area contributed by atoms with E-state index in [0.29, 0.717) is 57.8 Å². The van der Waals surface area contributed by atoms with Gasteiger partial charge in [0, 0.05) is 109 Å². The zero-order valence-corrected chi connectivity index (χ0v) is 54.0. The molecule has 93 heavy (non-hydrogen) atoms. The van der Waals surface area contributed by atoms with Crippen molar-refractivity contribution in [3.05, 3.63) is 227 Å². The number of amidine groups is 1. The number of rotatable bonds is 20. The normalized spacial score (nSPS) is 14.7. The molecule has 17 nitrogen and oxygen atoms in total. The number of nitrogens with zero attached hydrogens (tertiary/aromatic N) is 8. The Labute approximate surface area is 543 Å². The summed E-state index contributed by atoms with van der Waals surface area (Å²) >= 11 is 0. The van der Waals surface area contributed by atoms with Crippen molar-refractivity contribution in [3.63, 3.8) is 0 Å². The lowest BCUT2D eigenvalue weighted by atomic mass is 9.45. The predicted octanol–water partition coefficient (Wildman–Crippen LogP) is 8.39. The van der Waals surface area contributed by atoms with E-state index < -0.39 is 30.0 Å². The Morgan fingerprint density at radius 1 is 0.581 bits per heavy atom. The second-order valence-electron chi connectivity index (χ2n) is 25.4. The average molecular weight is 1240 g/mol. The first-order valence-corrected chi connectivity index (χ1v) is 31.0. The molecule has 0 spiro atoms. The second kappa shape index (κ2) is 26.5. The number of allylic oxidation sites excluding steroid dienone is 1. The first-order chi connectivity index (χ1) is 44.6. The summed E-state index contributed by atoms with van der Waals surface area (Å²) < 4.78 is 11.2. The van der Waals surface area contributed by atoms with Crippen LogP contribution in [0.5, 0.6) is 5.75 Å². The highest BCUT2D eigenvalue weighted by molar-refractivity contribution is 6.89. The first kappa shape index (κ1) is 63.6. The molecule has 0 radical (unpaired) electrons. The number of methoxy groups -OCH3 is 1.